The van der Waals surface area contributed by atoms with Gasteiger partial charge in [-0.15, -0.1) is 0 Å². The van der Waals surface area contributed by atoms with Gasteiger partial charge in [0.25, 0.3) is 5.56 Å². The number of H-pyrrole nitrogens is 1. The van der Waals surface area contributed by atoms with Crippen molar-refractivity contribution in [3.63, 3.8) is 0 Å². The summed E-state index contributed by atoms with van der Waals surface area (Å²) in [6, 6.07) is 7.79. The topological polar surface area (TPSA) is 154 Å². The Hall–Kier alpha value is -3.73. The Morgan fingerprint density at radius 3 is 2.66 bits per heavy atom. The molecule has 3 amide bonds. The van der Waals surface area contributed by atoms with Crippen LogP contribution >= 0.6 is 0 Å². The third kappa shape index (κ3) is 7.38. The van der Waals surface area contributed by atoms with Crippen molar-refractivity contribution in [1.29, 1.82) is 0 Å². The van der Waals surface area contributed by atoms with Crippen molar-refractivity contribution in [1.82, 2.24) is 25.5 Å². The van der Waals surface area contributed by atoms with Gasteiger partial charge < -0.3 is 30.4 Å². The van der Waals surface area contributed by atoms with Crippen molar-refractivity contribution >= 4 is 17.9 Å². The first-order valence-electron chi connectivity index (χ1n) is 11.6. The number of amides is 3. The molecule has 11 nitrogen and oxygen atoms in total. The lowest BCUT2D eigenvalue weighted by atomic mass is 10.1. The molecule has 11 heteroatoms. The summed E-state index contributed by atoms with van der Waals surface area (Å²) in [5.74, 6) is -0.260. The van der Waals surface area contributed by atoms with Crippen LogP contribution in [-0.4, -0.2) is 63.1 Å². The highest BCUT2D eigenvalue weighted by Crippen LogP contribution is 2.15. The van der Waals surface area contributed by atoms with E-state index < -0.39 is 24.1 Å². The van der Waals surface area contributed by atoms with E-state index >= 15 is 0 Å². The maximum Gasteiger partial charge on any atom is 0.404 e. The molecular formula is C24H31N5O6. The Kier molecular flexibility index (Phi) is 8.96. The third-order valence-corrected chi connectivity index (χ3v) is 5.66. The van der Waals surface area contributed by atoms with E-state index in [1.54, 1.807) is 6.92 Å². The summed E-state index contributed by atoms with van der Waals surface area (Å²) in [4.78, 5) is 58.0. The monoisotopic (exact) mass is 485 g/mol. The molecule has 0 spiro atoms. The highest BCUT2D eigenvalue weighted by atomic mass is 16.5. The number of ether oxygens (including phenoxy) is 1. The summed E-state index contributed by atoms with van der Waals surface area (Å²) < 4.78 is 5.74. The van der Waals surface area contributed by atoms with Crippen molar-refractivity contribution in [2.75, 3.05) is 13.2 Å². The fourth-order valence-corrected chi connectivity index (χ4v) is 3.89. The highest BCUT2D eigenvalue weighted by Gasteiger charge is 2.31. The number of nitrogens with one attached hydrogen (secondary N) is 3. The fraction of sp³-hybridized carbons (Fsp3) is 0.458. The molecule has 188 valence electrons. The molecule has 3 rings (SSSR count). The molecule has 0 saturated carbocycles. The lowest BCUT2D eigenvalue weighted by Crippen LogP contribution is -2.53. The minimum Gasteiger partial charge on any atom is -0.465 e. The van der Waals surface area contributed by atoms with Gasteiger partial charge in [-0.3, -0.25) is 14.4 Å². The number of carbonyl (C=O) groups is 3. The van der Waals surface area contributed by atoms with E-state index in [4.69, 9.17) is 9.84 Å². The lowest BCUT2D eigenvalue weighted by Gasteiger charge is -2.31. The van der Waals surface area contributed by atoms with E-state index in [-0.39, 0.29) is 37.6 Å². The van der Waals surface area contributed by atoms with Gasteiger partial charge in [0.1, 0.15) is 11.9 Å². The summed E-state index contributed by atoms with van der Waals surface area (Å²) in [6.45, 7) is 4.08. The van der Waals surface area contributed by atoms with Gasteiger partial charge in [-0.2, -0.15) is 0 Å². The van der Waals surface area contributed by atoms with E-state index in [1.807, 2.05) is 37.3 Å². The number of hydrogen-bond acceptors (Lipinski definition) is 6. The van der Waals surface area contributed by atoms with Crippen LogP contribution in [0.3, 0.4) is 0 Å². The molecule has 2 atom stereocenters. The molecule has 1 aromatic carbocycles. The predicted octanol–water partition coefficient (Wildman–Crippen LogP) is 0.965. The maximum atomic E-state index is 13.4. The van der Waals surface area contributed by atoms with Gasteiger partial charge in [-0.1, -0.05) is 37.3 Å². The average Bonchev–Trinajstić information content (AvgIpc) is 2.82. The number of benzene rings is 1. The van der Waals surface area contributed by atoms with E-state index in [9.17, 15) is 19.2 Å². The standard InChI is InChI=1S/C24H31N5O6/c1-3-20-26-18-9-10-29(12-17(18)22(31)28-20)23(32)19(14-35-13-16-7-5-4-6-8-16)27-21(30)11-15(2)25-24(33)34/h4-8,15,19,25H,3,9-14H2,1-2H3,(H,27,30)(H,33,34)(H,26,28,31). The third-order valence-electron chi connectivity index (χ3n) is 5.66. The highest BCUT2D eigenvalue weighted by molar-refractivity contribution is 5.88. The van der Waals surface area contributed by atoms with Crippen LogP contribution in [0, 0.1) is 0 Å². The van der Waals surface area contributed by atoms with Gasteiger partial charge in [-0.25, -0.2) is 9.78 Å². The number of carboxylic acid groups (broad SMARTS) is 1. The number of aryl methyl sites for hydroxylation is 1. The summed E-state index contributed by atoms with van der Waals surface area (Å²) in [6.07, 6.45) is -0.335. The molecule has 0 aliphatic carbocycles. The molecule has 1 aliphatic rings. The Morgan fingerprint density at radius 1 is 1.23 bits per heavy atom. The zero-order chi connectivity index (χ0) is 25.4. The number of carbonyl (C=O) groups excluding carboxylic acids is 2. The van der Waals surface area contributed by atoms with E-state index in [1.165, 1.54) is 4.90 Å². The number of hydrogen-bond donors (Lipinski definition) is 4. The number of aromatic amines is 1. The van der Waals surface area contributed by atoms with Gasteiger partial charge in [0.2, 0.25) is 11.8 Å². The minimum atomic E-state index is -1.24. The van der Waals surface area contributed by atoms with E-state index in [0.717, 1.165) is 5.56 Å². The molecular weight excluding hydrogens is 454 g/mol. The van der Waals surface area contributed by atoms with Gasteiger partial charge in [-0.05, 0) is 12.5 Å². The number of aromatic nitrogens is 2. The van der Waals surface area contributed by atoms with Crippen molar-refractivity contribution in [2.24, 2.45) is 0 Å². The zero-order valence-corrected chi connectivity index (χ0v) is 19.9. The van der Waals surface area contributed by atoms with E-state index in [2.05, 4.69) is 20.6 Å². The molecule has 0 saturated heterocycles. The van der Waals surface area contributed by atoms with E-state index in [0.29, 0.717) is 36.5 Å². The summed E-state index contributed by atoms with van der Waals surface area (Å²) >= 11 is 0. The van der Waals surface area contributed by atoms with Crippen molar-refractivity contribution in [2.45, 2.75) is 58.3 Å². The smallest absolute Gasteiger partial charge is 0.404 e. The van der Waals surface area contributed by atoms with Crippen LogP contribution in [0.2, 0.25) is 0 Å². The Morgan fingerprint density at radius 2 is 1.97 bits per heavy atom. The minimum absolute atomic E-state index is 0.0764. The number of rotatable bonds is 10. The average molecular weight is 486 g/mol. The molecule has 2 heterocycles. The Bertz CT molecular complexity index is 1100. The molecule has 2 unspecified atom stereocenters. The molecule has 4 N–H and O–H groups in total. The van der Waals surface area contributed by atoms with Crippen LogP contribution in [-0.2, 0) is 40.3 Å². The molecule has 1 aromatic heterocycles. The summed E-state index contributed by atoms with van der Waals surface area (Å²) in [5.41, 5.74) is 1.78. The zero-order valence-electron chi connectivity index (χ0n) is 19.9. The van der Waals surface area contributed by atoms with Crippen LogP contribution in [0.15, 0.2) is 35.1 Å². The quantitative estimate of drug-likeness (QED) is 0.391. The van der Waals surface area contributed by atoms with Crippen molar-refractivity contribution < 1.29 is 24.2 Å². The van der Waals surface area contributed by atoms with Crippen LogP contribution in [0.5, 0.6) is 0 Å². The molecule has 1 aliphatic heterocycles. The van der Waals surface area contributed by atoms with Gasteiger partial charge in [0.05, 0.1) is 31.0 Å². The number of nitrogens with zero attached hydrogens (tertiary/aromatic N) is 2. The second kappa shape index (κ2) is 12.1. The molecule has 35 heavy (non-hydrogen) atoms. The predicted molar refractivity (Wildman–Crippen MR) is 127 cm³/mol. The van der Waals surface area contributed by atoms with Gasteiger partial charge in [0.15, 0.2) is 0 Å². The van der Waals surface area contributed by atoms with Crippen LogP contribution in [0.4, 0.5) is 4.79 Å². The van der Waals surface area contributed by atoms with Gasteiger partial charge in [0, 0.05) is 31.8 Å². The van der Waals surface area contributed by atoms with Crippen molar-refractivity contribution in [3.05, 3.63) is 63.3 Å². The van der Waals surface area contributed by atoms with Gasteiger partial charge >= 0.3 is 6.09 Å². The molecule has 0 radical (unpaired) electrons. The fourth-order valence-electron chi connectivity index (χ4n) is 3.89. The Labute approximate surface area is 202 Å². The molecule has 2 aromatic rings. The normalized spacial score (nSPS) is 14.5. The summed E-state index contributed by atoms with van der Waals surface area (Å²) in [7, 11) is 0. The summed E-state index contributed by atoms with van der Waals surface area (Å²) in [5, 5.41) is 13.7. The SMILES string of the molecule is CCc1nc2c(c(=O)[nH]1)CN(C(=O)C(COCc1ccccc1)NC(=O)CC(C)NC(=O)O)CC2. The molecule has 0 fully saturated rings. The van der Waals surface area contributed by atoms with Crippen molar-refractivity contribution in [3.8, 4) is 0 Å². The second-order valence-corrected chi connectivity index (χ2v) is 8.48. The first-order valence-corrected chi connectivity index (χ1v) is 11.6. The maximum absolute atomic E-state index is 13.4. The van der Waals surface area contributed by atoms with Crippen LogP contribution in [0.25, 0.3) is 0 Å². The van der Waals surface area contributed by atoms with Crippen LogP contribution < -0.4 is 16.2 Å². The van der Waals surface area contributed by atoms with Crippen LogP contribution in [0.1, 0.15) is 42.9 Å². The first-order chi connectivity index (χ1) is 16.8. The largest absolute Gasteiger partial charge is 0.465 e. The first kappa shape index (κ1) is 25.9. The second-order valence-electron chi connectivity index (χ2n) is 8.48. The molecule has 0 bridgehead atoms. The number of fused-ring (bicyclic) bond motifs is 1. The lowest BCUT2D eigenvalue weighted by molar-refractivity contribution is -0.139. The Balaban J connectivity index is 1.70.